The molecule has 1 saturated heterocycles. The Morgan fingerprint density at radius 3 is 2.52 bits per heavy atom. The van der Waals surface area contributed by atoms with Crippen molar-refractivity contribution >= 4 is 27.5 Å². The Balaban J connectivity index is 1.16. The van der Waals surface area contributed by atoms with Crippen molar-refractivity contribution in [3.63, 3.8) is 0 Å². The minimum atomic E-state index is -1.02. The molecule has 2 aromatic carbocycles. The first-order valence-electron chi connectivity index (χ1n) is 14.1. The number of benzene rings is 2. The van der Waals surface area contributed by atoms with E-state index >= 15 is 0 Å². The molecule has 1 aliphatic carbocycles. The molecule has 0 spiro atoms. The second kappa shape index (κ2) is 12.2. The summed E-state index contributed by atoms with van der Waals surface area (Å²) in [5, 5.41) is 11.6. The van der Waals surface area contributed by atoms with E-state index < -0.39 is 11.6 Å². The van der Waals surface area contributed by atoms with Gasteiger partial charge in [-0.05, 0) is 94.7 Å². The van der Waals surface area contributed by atoms with Crippen LogP contribution in [-0.4, -0.2) is 46.6 Å². The fourth-order valence-corrected chi connectivity index (χ4v) is 6.88. The molecular formula is C30H36BrF2N5O2. The highest BCUT2D eigenvalue weighted by Gasteiger charge is 2.31. The Kier molecular flexibility index (Phi) is 8.73. The normalized spacial score (nSPS) is 21.4. The van der Waals surface area contributed by atoms with Crippen LogP contribution >= 0.6 is 15.9 Å². The number of carbonyl (C=O) groups is 1. The maximum atomic E-state index is 14.6. The minimum Gasteiger partial charge on any atom is -0.491 e. The molecule has 214 valence electrons. The lowest BCUT2D eigenvalue weighted by molar-refractivity contribution is -0.127. The van der Waals surface area contributed by atoms with Gasteiger partial charge in [-0.15, -0.1) is 5.10 Å². The van der Waals surface area contributed by atoms with Crippen molar-refractivity contribution in [2.24, 2.45) is 5.92 Å². The summed E-state index contributed by atoms with van der Waals surface area (Å²) < 4.78 is 36.9. The highest BCUT2D eigenvalue weighted by Crippen LogP contribution is 2.35. The summed E-state index contributed by atoms with van der Waals surface area (Å²) in [6.07, 6.45) is 6.73. The van der Waals surface area contributed by atoms with Gasteiger partial charge in [-0.3, -0.25) is 4.79 Å². The molecule has 2 fully saturated rings. The molecule has 2 aliphatic rings. The summed E-state index contributed by atoms with van der Waals surface area (Å²) in [5.41, 5.74) is 4.07. The Labute approximate surface area is 242 Å². The van der Waals surface area contributed by atoms with Crippen LogP contribution < -0.4 is 15.0 Å². The number of carbonyl (C=O) groups excluding carboxylic acids is 1. The monoisotopic (exact) mass is 615 g/mol. The van der Waals surface area contributed by atoms with E-state index in [4.69, 9.17) is 4.74 Å². The van der Waals surface area contributed by atoms with Crippen LogP contribution in [0.2, 0.25) is 0 Å². The molecule has 1 N–H and O–H groups in total. The van der Waals surface area contributed by atoms with Gasteiger partial charge in [0.15, 0.2) is 11.6 Å². The summed E-state index contributed by atoms with van der Waals surface area (Å²) in [6.45, 7) is 8.04. The van der Waals surface area contributed by atoms with Crippen LogP contribution in [0.15, 0.2) is 34.9 Å². The van der Waals surface area contributed by atoms with Gasteiger partial charge in [0.2, 0.25) is 11.7 Å². The van der Waals surface area contributed by atoms with E-state index in [2.05, 4.69) is 62.4 Å². The van der Waals surface area contributed by atoms with Crippen molar-refractivity contribution in [2.45, 2.75) is 71.4 Å². The van der Waals surface area contributed by atoms with E-state index in [1.54, 1.807) is 17.8 Å². The van der Waals surface area contributed by atoms with Crippen LogP contribution in [0.25, 0.3) is 11.3 Å². The second-order valence-electron chi connectivity index (χ2n) is 10.9. The van der Waals surface area contributed by atoms with E-state index in [-0.39, 0.29) is 47.5 Å². The van der Waals surface area contributed by atoms with E-state index in [1.165, 1.54) is 28.9 Å². The molecule has 1 amide bonds. The third-order valence-corrected chi connectivity index (χ3v) is 8.57. The van der Waals surface area contributed by atoms with Gasteiger partial charge in [0.1, 0.15) is 5.69 Å². The number of nitrogens with one attached hydrogen (secondary N) is 1. The van der Waals surface area contributed by atoms with Gasteiger partial charge in [0.25, 0.3) is 0 Å². The Hall–Kier alpha value is -3.01. The highest BCUT2D eigenvalue weighted by atomic mass is 79.9. The first-order chi connectivity index (χ1) is 19.2. The van der Waals surface area contributed by atoms with Gasteiger partial charge < -0.3 is 15.0 Å². The second-order valence-corrected chi connectivity index (χ2v) is 11.9. The van der Waals surface area contributed by atoms with Gasteiger partial charge >= 0.3 is 0 Å². The summed E-state index contributed by atoms with van der Waals surface area (Å²) in [5.74, 6) is -2.05. The lowest BCUT2D eigenvalue weighted by Crippen LogP contribution is -2.50. The smallest absolute Gasteiger partial charge is 0.223 e. The van der Waals surface area contributed by atoms with Crippen molar-refractivity contribution < 1.29 is 18.3 Å². The number of rotatable bonds is 7. The molecule has 0 bridgehead atoms. The number of aryl methyl sites for hydroxylation is 2. The third kappa shape index (κ3) is 6.01. The van der Waals surface area contributed by atoms with E-state index in [0.29, 0.717) is 0 Å². The fraction of sp³-hybridized carbons (Fsp3) is 0.500. The average molecular weight is 617 g/mol. The molecule has 5 rings (SSSR count). The molecule has 7 nitrogen and oxygen atoms in total. The Morgan fingerprint density at radius 2 is 1.82 bits per heavy atom. The van der Waals surface area contributed by atoms with Gasteiger partial charge in [-0.25, -0.2) is 9.07 Å². The van der Waals surface area contributed by atoms with Crippen molar-refractivity contribution in [2.75, 3.05) is 24.6 Å². The molecule has 2 heterocycles. The van der Waals surface area contributed by atoms with Gasteiger partial charge in [0.05, 0.1) is 18.8 Å². The van der Waals surface area contributed by atoms with Gasteiger partial charge in [-0.1, -0.05) is 21.1 Å². The number of amides is 1. The molecule has 1 unspecified atom stereocenters. The zero-order valence-corrected chi connectivity index (χ0v) is 24.8. The number of hydrogen-bond acceptors (Lipinski definition) is 5. The SMILES string of the molecule is CCOc1ccc(-c2cn(C3CCC(C(=O)NC4CCCN(c5c(C)cc(Br)cc5C)C4)CC3)nn2)c(F)c1F. The molecule has 1 saturated carbocycles. The van der Waals surface area contributed by atoms with Gasteiger partial charge in [-0.2, -0.15) is 4.39 Å². The number of piperidine rings is 1. The van der Waals surface area contributed by atoms with Crippen LogP contribution in [-0.2, 0) is 4.79 Å². The molecule has 0 radical (unpaired) electrons. The number of aromatic nitrogens is 3. The summed E-state index contributed by atoms with van der Waals surface area (Å²) in [7, 11) is 0. The number of ether oxygens (including phenoxy) is 1. The van der Waals surface area contributed by atoms with Crippen LogP contribution in [0, 0.1) is 31.4 Å². The van der Waals surface area contributed by atoms with E-state index in [0.717, 1.165) is 56.1 Å². The predicted molar refractivity (Wildman–Crippen MR) is 155 cm³/mol. The van der Waals surface area contributed by atoms with E-state index in [9.17, 15) is 13.6 Å². The van der Waals surface area contributed by atoms with Crippen molar-refractivity contribution in [1.82, 2.24) is 20.3 Å². The molecule has 40 heavy (non-hydrogen) atoms. The predicted octanol–water partition coefficient (Wildman–Crippen LogP) is 6.52. The largest absolute Gasteiger partial charge is 0.491 e. The number of nitrogens with zero attached hydrogens (tertiary/aromatic N) is 4. The first-order valence-corrected chi connectivity index (χ1v) is 14.9. The van der Waals surface area contributed by atoms with Crippen molar-refractivity contribution in [3.05, 3.63) is 57.7 Å². The standard InChI is InChI=1S/C30H36BrF2N5O2/c1-4-40-26-12-11-24(27(32)28(26)33)25-17-38(36-35-25)23-9-7-20(8-10-23)30(39)34-22-6-5-13-37(16-22)29-18(2)14-21(31)15-19(29)3/h11-12,14-15,17,20,22-23H,4-10,13,16H2,1-3H3,(H,34,39). The zero-order chi connectivity index (χ0) is 28.4. The molecule has 1 aromatic heterocycles. The minimum absolute atomic E-state index is 0.0385. The topological polar surface area (TPSA) is 72.3 Å². The summed E-state index contributed by atoms with van der Waals surface area (Å²) >= 11 is 3.59. The van der Waals surface area contributed by atoms with Crippen LogP contribution in [0.1, 0.15) is 62.6 Å². The molecule has 10 heteroatoms. The fourth-order valence-electron chi connectivity index (χ4n) is 6.20. The number of anilines is 1. The Morgan fingerprint density at radius 1 is 1.10 bits per heavy atom. The highest BCUT2D eigenvalue weighted by molar-refractivity contribution is 9.10. The quantitative estimate of drug-likeness (QED) is 0.328. The number of hydrogen-bond donors (Lipinski definition) is 1. The summed E-state index contributed by atoms with van der Waals surface area (Å²) in [6, 6.07) is 7.36. The molecule has 1 aliphatic heterocycles. The van der Waals surface area contributed by atoms with Crippen molar-refractivity contribution in [1.29, 1.82) is 0 Å². The average Bonchev–Trinajstić information content (AvgIpc) is 3.41. The first kappa shape index (κ1) is 28.5. The third-order valence-electron chi connectivity index (χ3n) is 8.11. The maximum absolute atomic E-state index is 14.6. The molecule has 1 atom stereocenters. The van der Waals surface area contributed by atoms with Crippen LogP contribution in [0.4, 0.5) is 14.5 Å². The van der Waals surface area contributed by atoms with Crippen LogP contribution in [0.5, 0.6) is 5.75 Å². The summed E-state index contributed by atoms with van der Waals surface area (Å²) in [4.78, 5) is 15.6. The maximum Gasteiger partial charge on any atom is 0.223 e. The molecular weight excluding hydrogens is 580 g/mol. The molecule has 3 aromatic rings. The van der Waals surface area contributed by atoms with Crippen LogP contribution in [0.3, 0.4) is 0 Å². The number of halogens is 3. The lowest BCUT2D eigenvalue weighted by atomic mass is 9.85. The Bertz CT molecular complexity index is 1350. The lowest BCUT2D eigenvalue weighted by Gasteiger charge is -2.37. The zero-order valence-electron chi connectivity index (χ0n) is 23.2. The van der Waals surface area contributed by atoms with E-state index in [1.807, 2.05) is 0 Å². The van der Waals surface area contributed by atoms with Gasteiger partial charge in [0, 0.05) is 40.8 Å². The van der Waals surface area contributed by atoms with Crippen molar-refractivity contribution in [3.8, 4) is 17.0 Å².